The predicted molar refractivity (Wildman–Crippen MR) is 163 cm³/mol. The largest absolute Gasteiger partial charge is 0.495 e. The Balaban J connectivity index is 2.08. The Bertz CT molecular complexity index is 1470. The van der Waals surface area contributed by atoms with Gasteiger partial charge in [0.25, 0.3) is 10.0 Å². The number of nitrogens with zero attached hydrogens (tertiary/aromatic N) is 2. The maximum absolute atomic E-state index is 14.0. The molecule has 0 saturated carbocycles. The maximum Gasteiger partial charge on any atom is 0.264 e. The van der Waals surface area contributed by atoms with Gasteiger partial charge in [0.2, 0.25) is 11.8 Å². The number of carbonyl (C=O) groups excluding carboxylic acids is 2. The predicted octanol–water partition coefficient (Wildman–Crippen LogP) is 6.18. The summed E-state index contributed by atoms with van der Waals surface area (Å²) in [7, 11) is -2.89. The average molecular weight is 641 g/mol. The SMILES string of the molecule is CCCCNC(=O)C(C)N(Cc1ccc(Cl)cc1Cl)C(=O)CN(c1cc(Cl)ccc1OC)S(=O)(=O)c1ccccc1. The maximum atomic E-state index is 14.0. The highest BCUT2D eigenvalue weighted by atomic mass is 35.5. The van der Waals surface area contributed by atoms with Gasteiger partial charge in [-0.05, 0) is 61.4 Å². The van der Waals surface area contributed by atoms with E-state index in [0.29, 0.717) is 22.2 Å². The summed E-state index contributed by atoms with van der Waals surface area (Å²) < 4.78 is 34.3. The first-order chi connectivity index (χ1) is 19.5. The van der Waals surface area contributed by atoms with Gasteiger partial charge >= 0.3 is 0 Å². The molecule has 0 aromatic heterocycles. The normalized spacial score (nSPS) is 12.0. The van der Waals surface area contributed by atoms with Gasteiger partial charge in [0.05, 0.1) is 17.7 Å². The molecule has 0 fully saturated rings. The smallest absolute Gasteiger partial charge is 0.264 e. The number of rotatable bonds is 13. The van der Waals surface area contributed by atoms with Gasteiger partial charge in [-0.15, -0.1) is 0 Å². The molecule has 0 radical (unpaired) electrons. The standard InChI is InChI=1S/C29H32Cl3N3O5S/c1-4-5-15-33-29(37)20(2)34(18-21-11-12-22(30)16-25(21)32)28(36)19-35(26-17-23(31)13-14-27(26)40-3)41(38,39)24-9-7-6-8-10-24/h6-14,16-17,20H,4-5,15,18-19H2,1-3H3,(H,33,37). The lowest BCUT2D eigenvalue weighted by Crippen LogP contribution is -2.51. The van der Waals surface area contributed by atoms with Crippen LogP contribution < -0.4 is 14.4 Å². The molecule has 0 heterocycles. The molecule has 220 valence electrons. The van der Waals surface area contributed by atoms with Gasteiger partial charge in [-0.1, -0.05) is 72.4 Å². The molecule has 8 nitrogen and oxygen atoms in total. The van der Waals surface area contributed by atoms with Gasteiger partial charge < -0.3 is 15.0 Å². The fourth-order valence-electron chi connectivity index (χ4n) is 4.04. The Labute approximate surface area is 256 Å². The van der Waals surface area contributed by atoms with Crippen LogP contribution >= 0.6 is 34.8 Å². The number of hydrogen-bond acceptors (Lipinski definition) is 5. The first-order valence-corrected chi connectivity index (χ1v) is 15.5. The topological polar surface area (TPSA) is 96.0 Å². The lowest BCUT2D eigenvalue weighted by molar-refractivity contribution is -0.139. The van der Waals surface area contributed by atoms with Crippen LogP contribution in [0, 0.1) is 0 Å². The summed E-state index contributed by atoms with van der Waals surface area (Å²) in [6, 6.07) is 16.1. The molecular weight excluding hydrogens is 609 g/mol. The first kappa shape index (κ1) is 32.5. The van der Waals surface area contributed by atoms with Crippen molar-refractivity contribution in [2.24, 2.45) is 0 Å². The van der Waals surface area contributed by atoms with E-state index in [2.05, 4.69) is 5.32 Å². The number of hydrogen-bond donors (Lipinski definition) is 1. The minimum Gasteiger partial charge on any atom is -0.495 e. The second-order valence-corrected chi connectivity index (χ2v) is 12.4. The lowest BCUT2D eigenvalue weighted by Gasteiger charge is -2.32. The molecule has 3 aromatic carbocycles. The molecule has 3 aromatic rings. The highest BCUT2D eigenvalue weighted by Gasteiger charge is 2.34. The molecule has 1 atom stereocenters. The van der Waals surface area contributed by atoms with Crippen molar-refractivity contribution in [3.05, 3.63) is 87.4 Å². The van der Waals surface area contributed by atoms with Crippen LogP contribution in [0.4, 0.5) is 5.69 Å². The van der Waals surface area contributed by atoms with Crippen molar-refractivity contribution in [2.45, 2.75) is 44.2 Å². The van der Waals surface area contributed by atoms with E-state index in [-0.39, 0.29) is 33.8 Å². The summed E-state index contributed by atoms with van der Waals surface area (Å²) in [6.45, 7) is 3.31. The lowest BCUT2D eigenvalue weighted by atomic mass is 10.1. The second kappa shape index (κ2) is 14.8. The van der Waals surface area contributed by atoms with Crippen molar-refractivity contribution in [1.29, 1.82) is 0 Å². The van der Waals surface area contributed by atoms with Crippen molar-refractivity contribution in [3.8, 4) is 5.75 Å². The minimum atomic E-state index is -4.28. The van der Waals surface area contributed by atoms with E-state index in [0.717, 1.165) is 17.1 Å². The highest BCUT2D eigenvalue weighted by Crippen LogP contribution is 2.35. The van der Waals surface area contributed by atoms with Crippen LogP contribution in [0.25, 0.3) is 0 Å². The molecule has 41 heavy (non-hydrogen) atoms. The molecule has 0 aliphatic carbocycles. The Morgan fingerprint density at radius 1 is 0.976 bits per heavy atom. The summed E-state index contributed by atoms with van der Waals surface area (Å²) in [5.41, 5.74) is 0.608. The molecule has 1 unspecified atom stereocenters. The second-order valence-electron chi connectivity index (χ2n) is 9.22. The van der Waals surface area contributed by atoms with Crippen LogP contribution in [0.15, 0.2) is 71.6 Å². The Morgan fingerprint density at radius 2 is 1.63 bits per heavy atom. The van der Waals surface area contributed by atoms with Crippen LogP contribution in [0.1, 0.15) is 32.3 Å². The Kier molecular flexibility index (Phi) is 11.7. The quantitative estimate of drug-likeness (QED) is 0.225. The van der Waals surface area contributed by atoms with Crippen LogP contribution in [0.2, 0.25) is 15.1 Å². The fraction of sp³-hybridized carbons (Fsp3) is 0.310. The molecule has 0 aliphatic heterocycles. The van der Waals surface area contributed by atoms with Crippen LogP contribution in [-0.4, -0.2) is 51.4 Å². The van der Waals surface area contributed by atoms with E-state index in [9.17, 15) is 18.0 Å². The average Bonchev–Trinajstić information content (AvgIpc) is 2.95. The van der Waals surface area contributed by atoms with Crippen molar-refractivity contribution in [3.63, 3.8) is 0 Å². The summed E-state index contributed by atoms with van der Waals surface area (Å²) in [5, 5.41) is 3.80. The number of ether oxygens (including phenoxy) is 1. The van der Waals surface area contributed by atoms with Crippen LogP contribution in [-0.2, 0) is 26.2 Å². The number of amides is 2. The zero-order valence-electron chi connectivity index (χ0n) is 22.9. The van der Waals surface area contributed by atoms with E-state index < -0.39 is 28.5 Å². The van der Waals surface area contributed by atoms with Crippen LogP contribution in [0.3, 0.4) is 0 Å². The Hall–Kier alpha value is -2.98. The molecule has 3 rings (SSSR count). The summed E-state index contributed by atoms with van der Waals surface area (Å²) in [6.07, 6.45) is 1.65. The van der Waals surface area contributed by atoms with Crippen LogP contribution in [0.5, 0.6) is 5.75 Å². The van der Waals surface area contributed by atoms with Gasteiger partial charge in [-0.25, -0.2) is 8.42 Å². The molecule has 2 amide bonds. The number of benzene rings is 3. The molecule has 0 aliphatic rings. The third-order valence-electron chi connectivity index (χ3n) is 6.37. The van der Waals surface area contributed by atoms with Crippen molar-refractivity contribution < 1.29 is 22.7 Å². The van der Waals surface area contributed by atoms with Gasteiger partial charge in [0.1, 0.15) is 18.3 Å². The number of carbonyl (C=O) groups is 2. The first-order valence-electron chi connectivity index (χ1n) is 12.9. The molecule has 0 saturated heterocycles. The van der Waals surface area contributed by atoms with Gasteiger partial charge in [-0.3, -0.25) is 13.9 Å². The number of sulfonamides is 1. The number of halogens is 3. The molecule has 1 N–H and O–H groups in total. The highest BCUT2D eigenvalue weighted by molar-refractivity contribution is 7.92. The third-order valence-corrected chi connectivity index (χ3v) is 8.97. The van der Waals surface area contributed by atoms with Gasteiger partial charge in [0, 0.05) is 28.2 Å². The van der Waals surface area contributed by atoms with E-state index in [1.807, 2.05) is 6.92 Å². The molecule has 0 spiro atoms. The van der Waals surface area contributed by atoms with E-state index in [4.69, 9.17) is 39.5 Å². The van der Waals surface area contributed by atoms with E-state index in [1.54, 1.807) is 43.3 Å². The van der Waals surface area contributed by atoms with Crippen molar-refractivity contribution in [2.75, 3.05) is 24.5 Å². The summed E-state index contributed by atoms with van der Waals surface area (Å²) in [5.74, 6) is -0.829. The number of nitrogens with one attached hydrogen (secondary N) is 1. The molecule has 12 heteroatoms. The Morgan fingerprint density at radius 3 is 2.27 bits per heavy atom. The zero-order chi connectivity index (χ0) is 30.2. The molecule has 0 bridgehead atoms. The van der Waals surface area contributed by atoms with Gasteiger partial charge in [0.15, 0.2) is 0 Å². The fourth-order valence-corrected chi connectivity index (χ4v) is 6.12. The number of anilines is 1. The monoisotopic (exact) mass is 639 g/mol. The summed E-state index contributed by atoms with van der Waals surface area (Å²) in [4.78, 5) is 28.4. The third kappa shape index (κ3) is 8.29. The van der Waals surface area contributed by atoms with E-state index >= 15 is 0 Å². The van der Waals surface area contributed by atoms with E-state index in [1.165, 1.54) is 42.3 Å². The molecular formula is C29H32Cl3N3O5S. The number of unbranched alkanes of at least 4 members (excludes halogenated alkanes) is 1. The van der Waals surface area contributed by atoms with Gasteiger partial charge in [-0.2, -0.15) is 0 Å². The summed E-state index contributed by atoms with van der Waals surface area (Å²) >= 11 is 18.7. The zero-order valence-corrected chi connectivity index (χ0v) is 26.0. The van der Waals surface area contributed by atoms with Crippen molar-refractivity contribution in [1.82, 2.24) is 10.2 Å². The number of methoxy groups -OCH3 is 1. The van der Waals surface area contributed by atoms with Crippen molar-refractivity contribution >= 4 is 62.3 Å². The minimum absolute atomic E-state index is 0.0347.